The molecule has 3 N–H and O–H groups in total. The van der Waals surface area contributed by atoms with Crippen LogP contribution in [0.2, 0.25) is 0 Å². The third kappa shape index (κ3) is 4.13. The van der Waals surface area contributed by atoms with Crippen molar-refractivity contribution in [3.63, 3.8) is 0 Å². The zero-order valence-corrected chi connectivity index (χ0v) is 11.5. The van der Waals surface area contributed by atoms with Crippen LogP contribution in [0.15, 0.2) is 30.3 Å². The van der Waals surface area contributed by atoms with E-state index < -0.39 is 17.9 Å². The summed E-state index contributed by atoms with van der Waals surface area (Å²) < 4.78 is 0. The normalized spacial score (nSPS) is 19.9. The second kappa shape index (κ2) is 6.99. The summed E-state index contributed by atoms with van der Waals surface area (Å²) in [5, 5.41) is 14.6. The van der Waals surface area contributed by atoms with Gasteiger partial charge in [0.15, 0.2) is 0 Å². The summed E-state index contributed by atoms with van der Waals surface area (Å²) in [4.78, 5) is 33.9. The highest BCUT2D eigenvalue weighted by molar-refractivity contribution is 6.00. The molecule has 1 aromatic carbocycles. The maximum atomic E-state index is 11.6. The number of amides is 2. The van der Waals surface area contributed by atoms with Crippen LogP contribution >= 0.6 is 0 Å². The molecule has 2 atom stereocenters. The van der Waals surface area contributed by atoms with Gasteiger partial charge >= 0.3 is 5.97 Å². The van der Waals surface area contributed by atoms with Crippen LogP contribution in [0, 0.1) is 0 Å². The fourth-order valence-electron chi connectivity index (χ4n) is 2.41. The minimum atomic E-state index is -0.883. The maximum absolute atomic E-state index is 11.6. The van der Waals surface area contributed by atoms with Crippen molar-refractivity contribution in [2.24, 2.45) is 0 Å². The molecule has 1 aliphatic heterocycles. The van der Waals surface area contributed by atoms with Gasteiger partial charge in [0, 0.05) is 6.42 Å². The number of hydrogen-bond acceptors (Lipinski definition) is 4. The quantitative estimate of drug-likeness (QED) is 0.668. The van der Waals surface area contributed by atoms with Gasteiger partial charge in [0.25, 0.3) is 0 Å². The third-order valence-corrected chi connectivity index (χ3v) is 3.56. The Morgan fingerprint density at radius 1 is 1.33 bits per heavy atom. The van der Waals surface area contributed by atoms with Gasteiger partial charge in [-0.15, -0.1) is 0 Å². The molecule has 6 nitrogen and oxygen atoms in total. The molecule has 1 saturated heterocycles. The van der Waals surface area contributed by atoms with E-state index in [2.05, 4.69) is 10.6 Å². The van der Waals surface area contributed by atoms with Crippen LogP contribution in [-0.2, 0) is 14.4 Å². The number of carboxylic acid groups (broad SMARTS) is 1. The van der Waals surface area contributed by atoms with Gasteiger partial charge in [-0.1, -0.05) is 30.3 Å². The lowest BCUT2D eigenvalue weighted by Crippen LogP contribution is -2.51. The fraction of sp³-hybridized carbons (Fsp3) is 0.400. The lowest BCUT2D eigenvalue weighted by molar-refractivity contribution is -0.139. The highest BCUT2D eigenvalue weighted by Crippen LogP contribution is 2.19. The van der Waals surface area contributed by atoms with Gasteiger partial charge in [-0.05, 0) is 24.9 Å². The van der Waals surface area contributed by atoms with Crippen molar-refractivity contribution in [2.75, 3.05) is 6.54 Å². The Morgan fingerprint density at radius 2 is 2.05 bits per heavy atom. The van der Waals surface area contributed by atoms with Gasteiger partial charge in [-0.25, -0.2) is 0 Å². The molecular formula is C15H18N2O4. The number of piperidine rings is 1. The van der Waals surface area contributed by atoms with Gasteiger partial charge in [0.2, 0.25) is 11.8 Å². The number of carboxylic acids is 1. The average Bonchev–Trinajstić information content (AvgIpc) is 2.46. The number of rotatable bonds is 6. The van der Waals surface area contributed by atoms with Crippen LogP contribution in [0.3, 0.4) is 0 Å². The summed E-state index contributed by atoms with van der Waals surface area (Å²) in [5.41, 5.74) is 0.745. The van der Waals surface area contributed by atoms with E-state index >= 15 is 0 Å². The van der Waals surface area contributed by atoms with Crippen LogP contribution in [-0.4, -0.2) is 35.5 Å². The smallest absolute Gasteiger partial charge is 0.311 e. The van der Waals surface area contributed by atoms with Gasteiger partial charge in [0.1, 0.15) is 0 Å². The summed E-state index contributed by atoms with van der Waals surface area (Å²) in [6.45, 7) is 0.401. The molecule has 21 heavy (non-hydrogen) atoms. The molecule has 2 rings (SSSR count). The van der Waals surface area contributed by atoms with Gasteiger partial charge in [-0.2, -0.15) is 0 Å². The van der Waals surface area contributed by atoms with Crippen LogP contribution in [0.25, 0.3) is 0 Å². The Hall–Kier alpha value is -2.21. The molecule has 0 spiro atoms. The Bertz CT molecular complexity index is 530. The first-order chi connectivity index (χ1) is 10.1. The lowest BCUT2D eigenvalue weighted by atomic mass is 9.95. The molecule has 0 aromatic heterocycles. The minimum Gasteiger partial charge on any atom is -0.481 e. The Morgan fingerprint density at radius 3 is 2.67 bits per heavy atom. The summed E-state index contributed by atoms with van der Waals surface area (Å²) >= 11 is 0. The van der Waals surface area contributed by atoms with Crippen LogP contribution in [0.1, 0.15) is 30.7 Å². The predicted molar refractivity (Wildman–Crippen MR) is 75.6 cm³/mol. The van der Waals surface area contributed by atoms with Crippen molar-refractivity contribution < 1.29 is 19.5 Å². The SMILES string of the molecule is O=C1CCC(NCC[C@H](C(=O)O)c2ccccc2)C(=O)N1. The Kier molecular flexibility index (Phi) is 5.05. The zero-order chi connectivity index (χ0) is 15.2. The molecular weight excluding hydrogens is 272 g/mol. The monoisotopic (exact) mass is 290 g/mol. The van der Waals surface area contributed by atoms with E-state index in [4.69, 9.17) is 0 Å². The third-order valence-electron chi connectivity index (χ3n) is 3.56. The summed E-state index contributed by atoms with van der Waals surface area (Å²) in [6.07, 6.45) is 1.15. The number of imide groups is 1. The molecule has 6 heteroatoms. The van der Waals surface area contributed by atoms with Crippen LogP contribution in [0.5, 0.6) is 0 Å². The first-order valence-electron chi connectivity index (χ1n) is 6.92. The molecule has 1 heterocycles. The number of benzene rings is 1. The topological polar surface area (TPSA) is 95.5 Å². The molecule has 1 fully saturated rings. The van der Waals surface area contributed by atoms with Crippen molar-refractivity contribution in [1.82, 2.24) is 10.6 Å². The first kappa shape index (κ1) is 15.2. The summed E-state index contributed by atoms with van der Waals surface area (Å²) in [6, 6.07) is 8.59. The van der Waals surface area contributed by atoms with E-state index in [1.165, 1.54) is 0 Å². The maximum Gasteiger partial charge on any atom is 0.311 e. The van der Waals surface area contributed by atoms with E-state index in [0.717, 1.165) is 5.56 Å². The van der Waals surface area contributed by atoms with Crippen molar-refractivity contribution in [2.45, 2.75) is 31.2 Å². The highest BCUT2D eigenvalue weighted by atomic mass is 16.4. The second-order valence-corrected chi connectivity index (χ2v) is 5.05. The molecule has 0 saturated carbocycles. The molecule has 2 amide bonds. The molecule has 112 valence electrons. The van der Waals surface area contributed by atoms with Crippen molar-refractivity contribution >= 4 is 17.8 Å². The van der Waals surface area contributed by atoms with Crippen molar-refractivity contribution in [3.8, 4) is 0 Å². The summed E-state index contributed by atoms with van der Waals surface area (Å²) in [5.74, 6) is -2.08. The lowest BCUT2D eigenvalue weighted by Gasteiger charge is -2.22. The number of aliphatic carboxylic acids is 1. The van der Waals surface area contributed by atoms with E-state index in [1.807, 2.05) is 6.07 Å². The zero-order valence-electron chi connectivity index (χ0n) is 11.5. The van der Waals surface area contributed by atoms with E-state index in [9.17, 15) is 19.5 Å². The molecule has 0 aliphatic carbocycles. The van der Waals surface area contributed by atoms with Gasteiger partial charge in [0.05, 0.1) is 12.0 Å². The number of nitrogens with one attached hydrogen (secondary N) is 2. The van der Waals surface area contributed by atoms with Crippen molar-refractivity contribution in [3.05, 3.63) is 35.9 Å². The largest absolute Gasteiger partial charge is 0.481 e. The van der Waals surface area contributed by atoms with Gasteiger partial charge < -0.3 is 10.4 Å². The van der Waals surface area contributed by atoms with Gasteiger partial charge in [-0.3, -0.25) is 19.7 Å². The minimum absolute atomic E-state index is 0.259. The van der Waals surface area contributed by atoms with E-state index in [0.29, 0.717) is 25.8 Å². The molecule has 1 aromatic rings. The summed E-state index contributed by atoms with van der Waals surface area (Å²) in [7, 11) is 0. The number of carbonyl (C=O) groups excluding carboxylic acids is 2. The molecule has 1 unspecified atom stereocenters. The van der Waals surface area contributed by atoms with E-state index in [1.54, 1.807) is 24.3 Å². The molecule has 0 radical (unpaired) electrons. The number of carbonyl (C=O) groups is 3. The first-order valence-corrected chi connectivity index (χ1v) is 6.92. The number of hydrogen-bond donors (Lipinski definition) is 3. The fourth-order valence-corrected chi connectivity index (χ4v) is 2.41. The molecule has 1 aliphatic rings. The Balaban J connectivity index is 1.87. The average molecular weight is 290 g/mol. The predicted octanol–water partition coefficient (Wildman–Crippen LogP) is 0.640. The molecule has 0 bridgehead atoms. The van der Waals surface area contributed by atoms with Crippen LogP contribution < -0.4 is 10.6 Å². The Labute approximate surface area is 122 Å². The van der Waals surface area contributed by atoms with E-state index in [-0.39, 0.29) is 11.8 Å². The van der Waals surface area contributed by atoms with Crippen molar-refractivity contribution in [1.29, 1.82) is 0 Å². The highest BCUT2D eigenvalue weighted by Gasteiger charge is 2.26. The van der Waals surface area contributed by atoms with Crippen LogP contribution in [0.4, 0.5) is 0 Å². The standard InChI is InChI=1S/C15H18N2O4/c18-13-7-6-12(14(19)17-13)16-9-8-11(15(20)21)10-4-2-1-3-5-10/h1-5,11-12,16H,6-9H2,(H,20,21)(H,17,18,19)/t11-,12?/m0/s1. The second-order valence-electron chi connectivity index (χ2n) is 5.05.